The van der Waals surface area contributed by atoms with Gasteiger partial charge in [-0.05, 0) is 19.2 Å². The van der Waals surface area contributed by atoms with Gasteiger partial charge >= 0.3 is 0 Å². The van der Waals surface area contributed by atoms with Gasteiger partial charge in [0.15, 0.2) is 6.29 Å². The third-order valence-corrected chi connectivity index (χ3v) is 1.66. The molecule has 1 rings (SSSR count). The van der Waals surface area contributed by atoms with Crippen LogP contribution in [0.2, 0.25) is 0 Å². The number of aldehydes is 1. The molecule has 1 aromatic carbocycles. The number of para-hydroxylation sites is 1. The van der Waals surface area contributed by atoms with Crippen molar-refractivity contribution in [3.05, 3.63) is 29.8 Å². The van der Waals surface area contributed by atoms with E-state index in [-0.39, 0.29) is 0 Å². The molecule has 0 amide bonds. The Kier molecular flexibility index (Phi) is 3.99. The summed E-state index contributed by atoms with van der Waals surface area (Å²) >= 11 is 0. The van der Waals surface area contributed by atoms with Crippen molar-refractivity contribution in [1.29, 1.82) is 0 Å². The van der Waals surface area contributed by atoms with Gasteiger partial charge in [0, 0.05) is 6.54 Å². The Labute approximate surface area is 77.7 Å². The number of rotatable bonds is 5. The maximum Gasteiger partial charge on any atom is 0.153 e. The van der Waals surface area contributed by atoms with Gasteiger partial charge < -0.3 is 10.1 Å². The summed E-state index contributed by atoms with van der Waals surface area (Å²) in [6, 6.07) is 7.19. The standard InChI is InChI=1S/C10H13NO2/c1-11-6-7-13-10-5-3-2-4-9(10)8-12/h2-5,8,11H,6-7H2,1H3. The number of hydrogen-bond acceptors (Lipinski definition) is 3. The Morgan fingerprint density at radius 2 is 2.23 bits per heavy atom. The summed E-state index contributed by atoms with van der Waals surface area (Å²) in [5.41, 5.74) is 0.596. The molecule has 3 nitrogen and oxygen atoms in total. The lowest BCUT2D eigenvalue weighted by molar-refractivity contribution is 0.111. The van der Waals surface area contributed by atoms with Crippen molar-refractivity contribution in [3.63, 3.8) is 0 Å². The topological polar surface area (TPSA) is 38.3 Å². The van der Waals surface area contributed by atoms with Crippen LogP contribution in [-0.2, 0) is 0 Å². The third-order valence-electron chi connectivity index (χ3n) is 1.66. The molecule has 1 N–H and O–H groups in total. The molecule has 0 spiro atoms. The summed E-state index contributed by atoms with van der Waals surface area (Å²) in [6.07, 6.45) is 0.800. The number of nitrogens with one attached hydrogen (secondary N) is 1. The smallest absolute Gasteiger partial charge is 0.153 e. The summed E-state index contributed by atoms with van der Waals surface area (Å²) in [5.74, 6) is 0.646. The normalized spacial score (nSPS) is 9.62. The van der Waals surface area contributed by atoms with Crippen LogP contribution in [0.1, 0.15) is 10.4 Å². The fourth-order valence-corrected chi connectivity index (χ4v) is 0.972. The van der Waals surface area contributed by atoms with E-state index in [1.807, 2.05) is 19.2 Å². The molecule has 0 aliphatic heterocycles. The Balaban J connectivity index is 2.59. The molecular formula is C10H13NO2. The second-order valence-electron chi connectivity index (χ2n) is 2.61. The summed E-state index contributed by atoms with van der Waals surface area (Å²) < 4.78 is 5.37. The molecule has 0 unspecified atom stereocenters. The fraction of sp³-hybridized carbons (Fsp3) is 0.300. The van der Waals surface area contributed by atoms with Crippen LogP contribution in [0.5, 0.6) is 5.75 Å². The predicted octanol–water partition coefficient (Wildman–Crippen LogP) is 1.10. The highest BCUT2D eigenvalue weighted by Crippen LogP contribution is 2.14. The van der Waals surface area contributed by atoms with Crippen LogP contribution in [0, 0.1) is 0 Å². The van der Waals surface area contributed by atoms with Crippen molar-refractivity contribution in [2.45, 2.75) is 0 Å². The molecule has 3 heteroatoms. The second kappa shape index (κ2) is 5.32. The van der Waals surface area contributed by atoms with E-state index < -0.39 is 0 Å². The largest absolute Gasteiger partial charge is 0.492 e. The van der Waals surface area contributed by atoms with Gasteiger partial charge in [0.25, 0.3) is 0 Å². The van der Waals surface area contributed by atoms with Crippen LogP contribution in [0.4, 0.5) is 0 Å². The molecule has 0 aliphatic carbocycles. The fourth-order valence-electron chi connectivity index (χ4n) is 0.972. The van der Waals surface area contributed by atoms with Crippen molar-refractivity contribution in [2.75, 3.05) is 20.2 Å². The minimum Gasteiger partial charge on any atom is -0.492 e. The number of carbonyl (C=O) groups excluding carboxylic acids is 1. The first-order chi connectivity index (χ1) is 6.38. The predicted molar refractivity (Wildman–Crippen MR) is 51.3 cm³/mol. The van der Waals surface area contributed by atoms with Crippen molar-refractivity contribution >= 4 is 6.29 Å². The molecule has 0 radical (unpaired) electrons. The lowest BCUT2D eigenvalue weighted by Gasteiger charge is -2.06. The number of benzene rings is 1. The number of hydrogen-bond donors (Lipinski definition) is 1. The maximum atomic E-state index is 10.6. The van der Waals surface area contributed by atoms with Crippen molar-refractivity contribution in [1.82, 2.24) is 5.32 Å². The molecule has 0 aliphatic rings. The van der Waals surface area contributed by atoms with Crippen LogP contribution in [0.25, 0.3) is 0 Å². The second-order valence-corrected chi connectivity index (χ2v) is 2.61. The Morgan fingerprint density at radius 1 is 1.46 bits per heavy atom. The van der Waals surface area contributed by atoms with Gasteiger partial charge in [-0.1, -0.05) is 12.1 Å². The Hall–Kier alpha value is -1.35. The van der Waals surface area contributed by atoms with Gasteiger partial charge in [-0.2, -0.15) is 0 Å². The van der Waals surface area contributed by atoms with Gasteiger partial charge in [-0.15, -0.1) is 0 Å². The molecule has 13 heavy (non-hydrogen) atoms. The first-order valence-corrected chi connectivity index (χ1v) is 4.20. The van der Waals surface area contributed by atoms with Gasteiger partial charge in [0.05, 0.1) is 5.56 Å². The van der Waals surface area contributed by atoms with Crippen molar-refractivity contribution < 1.29 is 9.53 Å². The molecular weight excluding hydrogens is 166 g/mol. The van der Waals surface area contributed by atoms with E-state index >= 15 is 0 Å². The van der Waals surface area contributed by atoms with Crippen LogP contribution >= 0.6 is 0 Å². The SMILES string of the molecule is CNCCOc1ccccc1C=O. The Bertz CT molecular complexity index is 273. The van der Waals surface area contributed by atoms with E-state index in [2.05, 4.69) is 5.32 Å². The van der Waals surface area contributed by atoms with Gasteiger partial charge in [0.1, 0.15) is 12.4 Å². The lowest BCUT2D eigenvalue weighted by atomic mass is 10.2. The van der Waals surface area contributed by atoms with E-state index in [1.165, 1.54) is 0 Å². The van der Waals surface area contributed by atoms with Crippen LogP contribution in [0.3, 0.4) is 0 Å². The number of likely N-dealkylation sites (N-methyl/N-ethyl adjacent to an activating group) is 1. The van der Waals surface area contributed by atoms with Gasteiger partial charge in [-0.25, -0.2) is 0 Å². The quantitative estimate of drug-likeness (QED) is 0.543. The molecule has 0 saturated carbocycles. The highest BCUT2D eigenvalue weighted by Gasteiger charge is 1.99. The summed E-state index contributed by atoms with van der Waals surface area (Å²) in [7, 11) is 1.86. The summed E-state index contributed by atoms with van der Waals surface area (Å²) in [5, 5.41) is 2.96. The molecule has 0 saturated heterocycles. The molecule has 0 bridgehead atoms. The molecule has 0 heterocycles. The van der Waals surface area contributed by atoms with Crippen molar-refractivity contribution in [2.24, 2.45) is 0 Å². The summed E-state index contributed by atoms with van der Waals surface area (Å²) in [4.78, 5) is 10.6. The zero-order valence-electron chi connectivity index (χ0n) is 7.62. The average Bonchev–Trinajstić information content (AvgIpc) is 2.19. The molecule has 0 atom stereocenters. The average molecular weight is 179 g/mol. The maximum absolute atomic E-state index is 10.6. The third kappa shape index (κ3) is 2.87. The number of ether oxygens (including phenoxy) is 1. The van der Waals surface area contributed by atoms with Gasteiger partial charge in [0.2, 0.25) is 0 Å². The molecule has 1 aromatic rings. The zero-order valence-corrected chi connectivity index (χ0v) is 7.62. The van der Waals surface area contributed by atoms with E-state index in [4.69, 9.17) is 4.74 Å². The van der Waals surface area contributed by atoms with Crippen LogP contribution in [-0.4, -0.2) is 26.5 Å². The zero-order chi connectivity index (χ0) is 9.52. The van der Waals surface area contributed by atoms with Crippen molar-refractivity contribution in [3.8, 4) is 5.75 Å². The van der Waals surface area contributed by atoms with E-state index in [9.17, 15) is 4.79 Å². The van der Waals surface area contributed by atoms with E-state index in [0.29, 0.717) is 17.9 Å². The first-order valence-electron chi connectivity index (χ1n) is 4.20. The molecule has 0 aromatic heterocycles. The van der Waals surface area contributed by atoms with E-state index in [1.54, 1.807) is 12.1 Å². The minimum absolute atomic E-state index is 0.571. The highest BCUT2D eigenvalue weighted by atomic mass is 16.5. The minimum atomic E-state index is 0.571. The Morgan fingerprint density at radius 3 is 2.92 bits per heavy atom. The van der Waals surface area contributed by atoms with Crippen LogP contribution in [0.15, 0.2) is 24.3 Å². The molecule has 0 fully saturated rings. The first kappa shape index (κ1) is 9.74. The number of carbonyl (C=O) groups is 1. The molecule has 70 valence electrons. The van der Waals surface area contributed by atoms with E-state index in [0.717, 1.165) is 12.8 Å². The lowest BCUT2D eigenvalue weighted by Crippen LogP contribution is -2.16. The summed E-state index contributed by atoms with van der Waals surface area (Å²) in [6.45, 7) is 1.34. The van der Waals surface area contributed by atoms with Crippen LogP contribution < -0.4 is 10.1 Å². The monoisotopic (exact) mass is 179 g/mol. The van der Waals surface area contributed by atoms with Gasteiger partial charge in [-0.3, -0.25) is 4.79 Å². The highest BCUT2D eigenvalue weighted by molar-refractivity contribution is 5.79.